The highest BCUT2D eigenvalue weighted by molar-refractivity contribution is 7.92. The van der Waals surface area contributed by atoms with Gasteiger partial charge in [0.05, 0.1) is 23.6 Å². The van der Waals surface area contributed by atoms with Gasteiger partial charge in [0, 0.05) is 17.3 Å². The van der Waals surface area contributed by atoms with Crippen LogP contribution in [-0.2, 0) is 14.8 Å². The summed E-state index contributed by atoms with van der Waals surface area (Å²) in [5.41, 5.74) is 5.02. The Labute approximate surface area is 199 Å². The third-order valence-electron chi connectivity index (χ3n) is 6.61. The molecule has 5 rings (SSSR count). The number of rotatable bonds is 5. The number of hydrogen-bond acceptors (Lipinski definition) is 5. The molecule has 7 heteroatoms. The maximum Gasteiger partial charge on any atom is 0.337 e. The minimum atomic E-state index is -3.72. The zero-order valence-corrected chi connectivity index (χ0v) is 19.8. The number of benzene rings is 3. The third-order valence-corrected chi connectivity index (χ3v) is 7.98. The Morgan fingerprint density at radius 2 is 1.85 bits per heavy atom. The number of aryl methyl sites for hydroxylation is 1. The molecule has 34 heavy (non-hydrogen) atoms. The minimum Gasteiger partial charge on any atom is -0.465 e. The van der Waals surface area contributed by atoms with E-state index in [1.54, 1.807) is 30.3 Å². The van der Waals surface area contributed by atoms with Crippen LogP contribution < -0.4 is 10.0 Å². The molecule has 0 unspecified atom stereocenters. The van der Waals surface area contributed by atoms with Gasteiger partial charge in [-0.2, -0.15) is 0 Å². The van der Waals surface area contributed by atoms with E-state index >= 15 is 0 Å². The quantitative estimate of drug-likeness (QED) is 0.382. The first kappa shape index (κ1) is 22.2. The predicted molar refractivity (Wildman–Crippen MR) is 133 cm³/mol. The molecule has 3 aromatic carbocycles. The number of carbonyl (C=O) groups excluding carboxylic acids is 1. The van der Waals surface area contributed by atoms with E-state index in [1.807, 2.05) is 43.3 Å². The van der Waals surface area contributed by atoms with Crippen molar-refractivity contribution < 1.29 is 17.9 Å². The number of fused-ring (bicyclic) bond motifs is 3. The number of hydrogen-bond donors (Lipinski definition) is 2. The van der Waals surface area contributed by atoms with Gasteiger partial charge < -0.3 is 10.1 Å². The van der Waals surface area contributed by atoms with E-state index in [-0.39, 0.29) is 28.7 Å². The average Bonchev–Trinajstić information content (AvgIpc) is 3.33. The molecule has 2 aliphatic rings. The topological polar surface area (TPSA) is 84.5 Å². The fourth-order valence-corrected chi connectivity index (χ4v) is 6.02. The Morgan fingerprint density at radius 1 is 1.06 bits per heavy atom. The lowest BCUT2D eigenvalue weighted by molar-refractivity contribution is 0.0600. The van der Waals surface area contributed by atoms with Crippen LogP contribution >= 0.6 is 0 Å². The zero-order chi connectivity index (χ0) is 23.9. The van der Waals surface area contributed by atoms with Crippen LogP contribution in [0.15, 0.2) is 83.8 Å². The summed E-state index contributed by atoms with van der Waals surface area (Å²) in [6.07, 6.45) is 5.22. The van der Waals surface area contributed by atoms with E-state index in [0.717, 1.165) is 28.8 Å². The molecule has 0 aromatic heterocycles. The molecule has 2 N–H and O–H groups in total. The summed E-state index contributed by atoms with van der Waals surface area (Å²) in [6, 6.07) is 20.1. The summed E-state index contributed by atoms with van der Waals surface area (Å²) in [5.74, 6) is -0.00302. The molecule has 0 saturated carbocycles. The molecule has 3 aromatic rings. The zero-order valence-electron chi connectivity index (χ0n) is 19.0. The monoisotopic (exact) mass is 474 g/mol. The lowest BCUT2D eigenvalue weighted by Crippen LogP contribution is -2.29. The molecule has 1 heterocycles. The molecule has 0 fully saturated rings. The normalized spacial score (nSPS) is 20.7. The van der Waals surface area contributed by atoms with Gasteiger partial charge in [-0.3, -0.25) is 4.72 Å². The number of carbonyl (C=O) groups is 1. The van der Waals surface area contributed by atoms with E-state index in [2.05, 4.69) is 22.2 Å². The standard InChI is InChI=1S/C27H26N2O4S/c1-17-5-3-6-20(15-17)29-34(31,32)21-13-14-25-24(16-21)22-7-4-8-23(22)26(28-25)18-9-11-19(12-10-18)27(30)33-2/h3-7,9-16,22-23,26,28-29H,8H2,1-2H3/t22-,23-,26-/m1/s1. The number of anilines is 2. The number of methoxy groups -OCH3 is 1. The smallest absolute Gasteiger partial charge is 0.337 e. The molecule has 0 radical (unpaired) electrons. The van der Waals surface area contributed by atoms with Crippen LogP contribution in [0, 0.1) is 12.8 Å². The van der Waals surface area contributed by atoms with E-state index in [0.29, 0.717) is 11.3 Å². The van der Waals surface area contributed by atoms with Crippen LogP contribution in [0.2, 0.25) is 0 Å². The number of nitrogens with one attached hydrogen (secondary N) is 2. The van der Waals surface area contributed by atoms with E-state index in [1.165, 1.54) is 7.11 Å². The van der Waals surface area contributed by atoms with Gasteiger partial charge in [0.2, 0.25) is 0 Å². The van der Waals surface area contributed by atoms with Gasteiger partial charge in [0.15, 0.2) is 0 Å². The van der Waals surface area contributed by atoms with Crippen molar-refractivity contribution >= 4 is 27.4 Å². The fraction of sp³-hybridized carbons (Fsp3) is 0.222. The van der Waals surface area contributed by atoms with Crippen molar-refractivity contribution in [2.24, 2.45) is 5.92 Å². The number of sulfonamides is 1. The highest BCUT2D eigenvalue weighted by Crippen LogP contribution is 2.50. The van der Waals surface area contributed by atoms with Gasteiger partial charge in [-0.15, -0.1) is 0 Å². The Bertz CT molecular complexity index is 1380. The van der Waals surface area contributed by atoms with Crippen molar-refractivity contribution in [2.45, 2.75) is 30.2 Å². The van der Waals surface area contributed by atoms with E-state index in [9.17, 15) is 13.2 Å². The molecular weight excluding hydrogens is 448 g/mol. The van der Waals surface area contributed by atoms with Crippen LogP contribution in [0.3, 0.4) is 0 Å². The molecule has 0 spiro atoms. The second-order valence-electron chi connectivity index (χ2n) is 8.81. The summed E-state index contributed by atoms with van der Waals surface area (Å²) in [6.45, 7) is 1.92. The first-order valence-electron chi connectivity index (χ1n) is 11.2. The first-order valence-corrected chi connectivity index (χ1v) is 12.7. The summed E-state index contributed by atoms with van der Waals surface area (Å²) < 4.78 is 33.7. The SMILES string of the molecule is COC(=O)c1ccc([C@H]2Nc3ccc(S(=O)(=O)Nc4cccc(C)c4)cc3[C@@H]3C=CC[C@@H]23)cc1. The molecule has 3 atom stereocenters. The summed E-state index contributed by atoms with van der Waals surface area (Å²) in [7, 11) is -2.35. The number of ether oxygens (including phenoxy) is 1. The third kappa shape index (κ3) is 4.07. The van der Waals surface area contributed by atoms with Crippen molar-refractivity contribution in [3.8, 4) is 0 Å². The van der Waals surface area contributed by atoms with Crippen molar-refractivity contribution in [2.75, 3.05) is 17.1 Å². The fourth-order valence-electron chi connectivity index (χ4n) is 4.94. The van der Waals surface area contributed by atoms with Crippen LogP contribution in [0.1, 0.15) is 45.4 Å². The van der Waals surface area contributed by atoms with Gasteiger partial charge in [-0.05, 0) is 78.4 Å². The lowest BCUT2D eigenvalue weighted by Gasteiger charge is -2.37. The number of esters is 1. The lowest BCUT2D eigenvalue weighted by atomic mass is 9.77. The molecule has 1 aliphatic carbocycles. The molecule has 0 bridgehead atoms. The minimum absolute atomic E-state index is 0.0482. The highest BCUT2D eigenvalue weighted by atomic mass is 32.2. The van der Waals surface area contributed by atoms with Gasteiger partial charge in [-0.1, -0.05) is 36.4 Å². The predicted octanol–water partition coefficient (Wildman–Crippen LogP) is 5.41. The molecule has 6 nitrogen and oxygen atoms in total. The summed E-state index contributed by atoms with van der Waals surface area (Å²) in [5, 5.41) is 3.61. The van der Waals surface area contributed by atoms with Crippen LogP contribution in [0.25, 0.3) is 0 Å². The first-order chi connectivity index (χ1) is 16.4. The van der Waals surface area contributed by atoms with Gasteiger partial charge in [0.25, 0.3) is 10.0 Å². The largest absolute Gasteiger partial charge is 0.465 e. The maximum absolute atomic E-state index is 13.1. The maximum atomic E-state index is 13.1. The average molecular weight is 475 g/mol. The van der Waals surface area contributed by atoms with Crippen molar-refractivity contribution in [1.29, 1.82) is 0 Å². The Morgan fingerprint density at radius 3 is 2.59 bits per heavy atom. The Kier molecular flexibility index (Phi) is 5.65. The Hall–Kier alpha value is -3.58. The highest BCUT2D eigenvalue weighted by Gasteiger charge is 2.38. The molecule has 174 valence electrons. The molecule has 0 saturated heterocycles. The van der Waals surface area contributed by atoms with E-state index < -0.39 is 10.0 Å². The van der Waals surface area contributed by atoms with Crippen molar-refractivity contribution in [3.63, 3.8) is 0 Å². The summed E-state index contributed by atoms with van der Waals surface area (Å²) in [4.78, 5) is 12.0. The van der Waals surface area contributed by atoms with Gasteiger partial charge in [-0.25, -0.2) is 13.2 Å². The van der Waals surface area contributed by atoms with Crippen molar-refractivity contribution in [3.05, 3.63) is 101 Å². The number of allylic oxidation sites excluding steroid dienone is 2. The molecular formula is C27H26N2O4S. The molecule has 0 amide bonds. The van der Waals surface area contributed by atoms with Crippen LogP contribution in [0.5, 0.6) is 0 Å². The summed E-state index contributed by atoms with van der Waals surface area (Å²) >= 11 is 0. The Balaban J connectivity index is 1.45. The van der Waals surface area contributed by atoms with Crippen LogP contribution in [0.4, 0.5) is 11.4 Å². The second-order valence-corrected chi connectivity index (χ2v) is 10.5. The molecule has 1 aliphatic heterocycles. The van der Waals surface area contributed by atoms with E-state index in [4.69, 9.17) is 4.74 Å². The van der Waals surface area contributed by atoms with Gasteiger partial charge >= 0.3 is 5.97 Å². The van der Waals surface area contributed by atoms with Crippen molar-refractivity contribution in [1.82, 2.24) is 0 Å². The second kappa shape index (κ2) is 8.65. The van der Waals surface area contributed by atoms with Gasteiger partial charge in [0.1, 0.15) is 0 Å². The van der Waals surface area contributed by atoms with Crippen LogP contribution in [-0.4, -0.2) is 21.5 Å².